The first-order chi connectivity index (χ1) is 8.24. The number of oxazole rings is 1. The number of rotatable bonds is 4. The SMILES string of the molecule is CCc1c(NC)ncnc1Sc1nc(C)co1. The Bertz CT molecular complexity index is 512. The fourth-order valence-corrected chi connectivity index (χ4v) is 2.40. The minimum Gasteiger partial charge on any atom is -0.439 e. The number of aryl methyl sites for hydroxylation is 1. The van der Waals surface area contributed by atoms with Gasteiger partial charge in [0.05, 0.1) is 5.69 Å². The predicted molar refractivity (Wildman–Crippen MR) is 66.3 cm³/mol. The molecule has 0 atom stereocenters. The van der Waals surface area contributed by atoms with E-state index >= 15 is 0 Å². The van der Waals surface area contributed by atoms with E-state index in [0.717, 1.165) is 28.5 Å². The molecule has 0 aromatic carbocycles. The second-order valence-electron chi connectivity index (χ2n) is 3.47. The van der Waals surface area contributed by atoms with Crippen LogP contribution in [0.1, 0.15) is 18.2 Å². The maximum Gasteiger partial charge on any atom is 0.262 e. The van der Waals surface area contributed by atoms with Crippen LogP contribution in [0, 0.1) is 6.92 Å². The summed E-state index contributed by atoms with van der Waals surface area (Å²) < 4.78 is 5.31. The van der Waals surface area contributed by atoms with Crippen LogP contribution in [0.2, 0.25) is 0 Å². The molecule has 6 heteroatoms. The average Bonchev–Trinajstić information content (AvgIpc) is 2.74. The van der Waals surface area contributed by atoms with Crippen LogP contribution in [0.5, 0.6) is 0 Å². The molecule has 0 radical (unpaired) electrons. The number of nitrogens with zero attached hydrogens (tertiary/aromatic N) is 3. The summed E-state index contributed by atoms with van der Waals surface area (Å²) in [6, 6.07) is 0. The maximum atomic E-state index is 5.31. The largest absolute Gasteiger partial charge is 0.439 e. The first-order valence-corrected chi connectivity index (χ1v) is 6.17. The first-order valence-electron chi connectivity index (χ1n) is 5.36. The second-order valence-corrected chi connectivity index (χ2v) is 4.41. The predicted octanol–water partition coefficient (Wildman–Crippen LogP) is 2.53. The van der Waals surface area contributed by atoms with Crippen LogP contribution in [-0.4, -0.2) is 22.0 Å². The summed E-state index contributed by atoms with van der Waals surface area (Å²) in [4.78, 5) is 12.7. The summed E-state index contributed by atoms with van der Waals surface area (Å²) in [7, 11) is 1.85. The molecular weight excluding hydrogens is 236 g/mol. The van der Waals surface area contributed by atoms with Gasteiger partial charge in [-0.2, -0.15) is 0 Å². The third-order valence-electron chi connectivity index (χ3n) is 2.28. The van der Waals surface area contributed by atoms with Gasteiger partial charge in [-0.25, -0.2) is 15.0 Å². The van der Waals surface area contributed by atoms with Crippen LogP contribution >= 0.6 is 11.8 Å². The third kappa shape index (κ3) is 2.58. The van der Waals surface area contributed by atoms with Crippen LogP contribution < -0.4 is 5.32 Å². The highest BCUT2D eigenvalue weighted by Crippen LogP contribution is 2.30. The molecule has 2 heterocycles. The van der Waals surface area contributed by atoms with E-state index < -0.39 is 0 Å². The molecule has 0 spiro atoms. The quantitative estimate of drug-likeness (QED) is 0.841. The van der Waals surface area contributed by atoms with E-state index in [0.29, 0.717) is 5.22 Å². The Kier molecular flexibility index (Phi) is 3.63. The Morgan fingerprint density at radius 2 is 2.24 bits per heavy atom. The van der Waals surface area contributed by atoms with Gasteiger partial charge >= 0.3 is 0 Å². The van der Waals surface area contributed by atoms with Gasteiger partial charge in [-0.1, -0.05) is 6.92 Å². The highest BCUT2D eigenvalue weighted by molar-refractivity contribution is 7.99. The fourth-order valence-electron chi connectivity index (χ4n) is 1.48. The van der Waals surface area contributed by atoms with Crippen LogP contribution in [-0.2, 0) is 6.42 Å². The Morgan fingerprint density at radius 3 is 2.82 bits per heavy atom. The highest BCUT2D eigenvalue weighted by atomic mass is 32.2. The Hall–Kier alpha value is -1.56. The van der Waals surface area contributed by atoms with Crippen LogP contribution in [0.3, 0.4) is 0 Å². The van der Waals surface area contributed by atoms with Crippen molar-refractivity contribution < 1.29 is 4.42 Å². The van der Waals surface area contributed by atoms with Gasteiger partial charge < -0.3 is 9.73 Å². The molecular formula is C11H14N4OS. The molecule has 2 rings (SSSR count). The van der Waals surface area contributed by atoms with Crippen molar-refractivity contribution in [2.75, 3.05) is 12.4 Å². The normalized spacial score (nSPS) is 10.5. The van der Waals surface area contributed by atoms with Crippen molar-refractivity contribution in [3.8, 4) is 0 Å². The zero-order valence-corrected chi connectivity index (χ0v) is 10.8. The average molecular weight is 250 g/mol. The van der Waals surface area contributed by atoms with Crippen molar-refractivity contribution in [3.63, 3.8) is 0 Å². The van der Waals surface area contributed by atoms with Gasteiger partial charge in [0.1, 0.15) is 23.4 Å². The summed E-state index contributed by atoms with van der Waals surface area (Å²) in [5.41, 5.74) is 1.95. The summed E-state index contributed by atoms with van der Waals surface area (Å²) in [5.74, 6) is 0.855. The van der Waals surface area contributed by atoms with Gasteiger partial charge in [0.2, 0.25) is 0 Å². The standard InChI is InChI=1S/C11H14N4OS/c1-4-8-9(12-3)13-6-14-10(8)17-11-15-7(2)5-16-11/h5-6H,4H2,1-3H3,(H,12,13,14). The lowest BCUT2D eigenvalue weighted by molar-refractivity contribution is 0.453. The van der Waals surface area contributed by atoms with Crippen molar-refractivity contribution in [1.29, 1.82) is 0 Å². The van der Waals surface area contributed by atoms with Gasteiger partial charge in [0, 0.05) is 12.6 Å². The Morgan fingerprint density at radius 1 is 1.41 bits per heavy atom. The van der Waals surface area contributed by atoms with E-state index in [1.54, 1.807) is 12.6 Å². The summed E-state index contributed by atoms with van der Waals surface area (Å²) in [6.07, 6.45) is 4.04. The van der Waals surface area contributed by atoms with Gasteiger partial charge in [-0.15, -0.1) is 0 Å². The molecule has 0 bridgehead atoms. The van der Waals surface area contributed by atoms with Crippen molar-refractivity contribution in [3.05, 3.63) is 23.8 Å². The lowest BCUT2D eigenvalue weighted by atomic mass is 10.2. The molecule has 90 valence electrons. The third-order valence-corrected chi connectivity index (χ3v) is 3.19. The van der Waals surface area contributed by atoms with Gasteiger partial charge in [-0.05, 0) is 25.1 Å². The number of nitrogens with one attached hydrogen (secondary N) is 1. The van der Waals surface area contributed by atoms with Crippen LogP contribution in [0.4, 0.5) is 5.82 Å². The molecule has 0 fully saturated rings. The van der Waals surface area contributed by atoms with Crippen molar-refractivity contribution >= 4 is 17.6 Å². The molecule has 0 aliphatic rings. The number of aromatic nitrogens is 3. The van der Waals surface area contributed by atoms with E-state index in [1.165, 1.54) is 11.8 Å². The van der Waals surface area contributed by atoms with Crippen LogP contribution in [0.25, 0.3) is 0 Å². The summed E-state index contributed by atoms with van der Waals surface area (Å²) in [5, 5.41) is 4.55. The topological polar surface area (TPSA) is 63.8 Å². The molecule has 0 saturated heterocycles. The molecule has 2 aromatic heterocycles. The van der Waals surface area contributed by atoms with E-state index in [1.807, 2.05) is 14.0 Å². The fraction of sp³-hybridized carbons (Fsp3) is 0.364. The molecule has 0 amide bonds. The van der Waals surface area contributed by atoms with Gasteiger partial charge in [-0.3, -0.25) is 0 Å². The summed E-state index contributed by atoms with van der Waals surface area (Å²) >= 11 is 1.42. The molecule has 1 N–H and O–H groups in total. The van der Waals surface area contributed by atoms with E-state index in [-0.39, 0.29) is 0 Å². The number of hydrogen-bond acceptors (Lipinski definition) is 6. The Labute approximate surface area is 104 Å². The molecule has 5 nitrogen and oxygen atoms in total. The maximum absolute atomic E-state index is 5.31. The van der Waals surface area contributed by atoms with Crippen molar-refractivity contribution in [2.24, 2.45) is 0 Å². The highest BCUT2D eigenvalue weighted by Gasteiger charge is 2.12. The van der Waals surface area contributed by atoms with Crippen molar-refractivity contribution in [1.82, 2.24) is 15.0 Å². The molecule has 0 aliphatic heterocycles. The molecule has 0 unspecified atom stereocenters. The van der Waals surface area contributed by atoms with E-state index in [4.69, 9.17) is 4.42 Å². The smallest absolute Gasteiger partial charge is 0.262 e. The molecule has 17 heavy (non-hydrogen) atoms. The number of hydrogen-bond donors (Lipinski definition) is 1. The second kappa shape index (κ2) is 5.18. The molecule has 0 aliphatic carbocycles. The molecule has 0 saturated carbocycles. The Balaban J connectivity index is 2.32. The minimum atomic E-state index is 0.609. The lowest BCUT2D eigenvalue weighted by Gasteiger charge is -2.08. The van der Waals surface area contributed by atoms with Gasteiger partial charge in [0.15, 0.2) is 0 Å². The zero-order chi connectivity index (χ0) is 12.3. The van der Waals surface area contributed by atoms with E-state index in [9.17, 15) is 0 Å². The van der Waals surface area contributed by atoms with Gasteiger partial charge in [0.25, 0.3) is 5.22 Å². The monoisotopic (exact) mass is 250 g/mol. The number of anilines is 1. The summed E-state index contributed by atoms with van der Waals surface area (Å²) in [6.45, 7) is 3.97. The van der Waals surface area contributed by atoms with E-state index in [2.05, 4.69) is 27.2 Å². The molecule has 2 aromatic rings. The zero-order valence-electron chi connectivity index (χ0n) is 10.0. The van der Waals surface area contributed by atoms with Crippen LogP contribution in [0.15, 0.2) is 27.3 Å². The first kappa shape index (κ1) is 11.9. The minimum absolute atomic E-state index is 0.609. The van der Waals surface area contributed by atoms with Crippen molar-refractivity contribution in [2.45, 2.75) is 30.5 Å². The lowest BCUT2D eigenvalue weighted by Crippen LogP contribution is -2.01.